The van der Waals surface area contributed by atoms with Crippen LogP contribution in [0.2, 0.25) is 0 Å². The summed E-state index contributed by atoms with van der Waals surface area (Å²) in [6.45, 7) is 0. The van der Waals surface area contributed by atoms with E-state index in [1.807, 2.05) is 0 Å². The summed E-state index contributed by atoms with van der Waals surface area (Å²) in [6.07, 6.45) is 2.31. The van der Waals surface area contributed by atoms with Crippen LogP contribution < -0.4 is 26.4 Å². The standard InChI is InChI=1S/C17H15N7O6/c1-29-11-6-4-10(5-7-11)16(25)22-20-14-13(24(27)28)15(19-9-18-14)21-23-17(26)12-3-2-8-30-12/h2-9H,1H3,(H,22,25)(H,23,26)(H2,18,19,20,21). The zero-order chi connectivity index (χ0) is 21.5. The number of furan rings is 1. The number of hydrogen-bond donors (Lipinski definition) is 4. The number of nitrogens with one attached hydrogen (secondary N) is 4. The van der Waals surface area contributed by atoms with Crippen molar-refractivity contribution in [1.82, 2.24) is 20.8 Å². The van der Waals surface area contributed by atoms with Gasteiger partial charge in [-0.15, -0.1) is 0 Å². The van der Waals surface area contributed by atoms with Gasteiger partial charge in [0, 0.05) is 5.56 Å². The van der Waals surface area contributed by atoms with Crippen LogP contribution in [0.4, 0.5) is 17.3 Å². The van der Waals surface area contributed by atoms with Crippen molar-refractivity contribution in [2.45, 2.75) is 0 Å². The molecule has 0 aliphatic carbocycles. The molecule has 3 aromatic rings. The Hall–Kier alpha value is -4.68. The molecule has 0 aliphatic rings. The number of aromatic nitrogens is 2. The molecule has 0 spiro atoms. The Labute approximate surface area is 168 Å². The van der Waals surface area contributed by atoms with Crippen molar-refractivity contribution < 1.29 is 23.7 Å². The number of nitro groups is 1. The average Bonchev–Trinajstić information content (AvgIpc) is 3.30. The number of ether oxygens (including phenoxy) is 1. The summed E-state index contributed by atoms with van der Waals surface area (Å²) in [7, 11) is 1.49. The molecule has 0 radical (unpaired) electrons. The second-order valence-corrected chi connectivity index (χ2v) is 5.54. The summed E-state index contributed by atoms with van der Waals surface area (Å²) in [4.78, 5) is 42.3. The number of carbonyl (C=O) groups is 2. The first kappa shape index (κ1) is 20.1. The van der Waals surface area contributed by atoms with Gasteiger partial charge in [-0.2, -0.15) is 0 Å². The third kappa shape index (κ3) is 4.59. The molecule has 2 amide bonds. The van der Waals surface area contributed by atoms with Crippen molar-refractivity contribution in [2.24, 2.45) is 0 Å². The van der Waals surface area contributed by atoms with E-state index in [0.717, 1.165) is 6.33 Å². The highest BCUT2D eigenvalue weighted by molar-refractivity contribution is 5.95. The number of methoxy groups -OCH3 is 1. The Morgan fingerprint density at radius 3 is 2.20 bits per heavy atom. The van der Waals surface area contributed by atoms with Crippen molar-refractivity contribution in [3.63, 3.8) is 0 Å². The number of anilines is 2. The molecule has 0 saturated carbocycles. The number of benzene rings is 1. The monoisotopic (exact) mass is 413 g/mol. The number of nitrogens with zero attached hydrogens (tertiary/aromatic N) is 3. The van der Waals surface area contributed by atoms with E-state index in [4.69, 9.17) is 9.15 Å². The zero-order valence-corrected chi connectivity index (χ0v) is 15.4. The van der Waals surface area contributed by atoms with Crippen LogP contribution in [0.1, 0.15) is 20.9 Å². The molecule has 2 aromatic heterocycles. The molecule has 0 unspecified atom stereocenters. The molecular weight excluding hydrogens is 398 g/mol. The summed E-state index contributed by atoms with van der Waals surface area (Å²) >= 11 is 0. The normalized spacial score (nSPS) is 10.0. The zero-order valence-electron chi connectivity index (χ0n) is 15.4. The molecule has 13 heteroatoms. The van der Waals surface area contributed by atoms with Crippen LogP contribution in [0.15, 0.2) is 53.4 Å². The topological polar surface area (TPSA) is 174 Å². The van der Waals surface area contributed by atoms with Crippen LogP contribution in [0.3, 0.4) is 0 Å². The van der Waals surface area contributed by atoms with Gasteiger partial charge >= 0.3 is 11.6 Å². The predicted octanol–water partition coefficient (Wildman–Crippen LogP) is 1.50. The molecular formula is C17H15N7O6. The van der Waals surface area contributed by atoms with Crippen LogP contribution in [-0.4, -0.2) is 33.8 Å². The predicted molar refractivity (Wildman–Crippen MR) is 103 cm³/mol. The first-order chi connectivity index (χ1) is 14.5. The number of carbonyl (C=O) groups excluding carboxylic acids is 2. The average molecular weight is 413 g/mol. The first-order valence-electron chi connectivity index (χ1n) is 8.29. The van der Waals surface area contributed by atoms with E-state index in [1.54, 1.807) is 12.1 Å². The number of hydrazine groups is 2. The SMILES string of the molecule is COc1ccc(C(=O)NNc2ncnc(NNC(=O)c3ccco3)c2[N+](=O)[O-])cc1. The van der Waals surface area contributed by atoms with E-state index < -0.39 is 22.4 Å². The summed E-state index contributed by atoms with van der Waals surface area (Å²) in [5.41, 5.74) is 8.92. The first-order valence-corrected chi connectivity index (χ1v) is 8.29. The van der Waals surface area contributed by atoms with E-state index in [0.29, 0.717) is 5.75 Å². The van der Waals surface area contributed by atoms with Crippen molar-refractivity contribution in [3.05, 3.63) is 70.4 Å². The van der Waals surface area contributed by atoms with Gasteiger partial charge in [0.2, 0.25) is 11.6 Å². The van der Waals surface area contributed by atoms with Gasteiger partial charge in [0.1, 0.15) is 12.1 Å². The van der Waals surface area contributed by atoms with Crippen LogP contribution in [0, 0.1) is 10.1 Å². The molecule has 0 saturated heterocycles. The van der Waals surface area contributed by atoms with Gasteiger partial charge in [-0.1, -0.05) is 0 Å². The molecule has 13 nitrogen and oxygen atoms in total. The fourth-order valence-corrected chi connectivity index (χ4v) is 2.25. The van der Waals surface area contributed by atoms with E-state index in [2.05, 4.69) is 31.7 Å². The van der Waals surface area contributed by atoms with Gasteiger partial charge in [0.25, 0.3) is 5.91 Å². The fraction of sp³-hybridized carbons (Fsp3) is 0.0588. The lowest BCUT2D eigenvalue weighted by Gasteiger charge is -2.11. The highest BCUT2D eigenvalue weighted by Gasteiger charge is 2.24. The summed E-state index contributed by atoms with van der Waals surface area (Å²) < 4.78 is 9.94. The van der Waals surface area contributed by atoms with E-state index in [1.165, 1.54) is 37.6 Å². The van der Waals surface area contributed by atoms with Crippen LogP contribution in [0.25, 0.3) is 0 Å². The largest absolute Gasteiger partial charge is 0.497 e. The fourth-order valence-electron chi connectivity index (χ4n) is 2.25. The summed E-state index contributed by atoms with van der Waals surface area (Å²) in [5.74, 6) is -1.29. The van der Waals surface area contributed by atoms with E-state index >= 15 is 0 Å². The maximum Gasteiger partial charge on any atom is 0.356 e. The van der Waals surface area contributed by atoms with Gasteiger partial charge in [-0.05, 0) is 36.4 Å². The van der Waals surface area contributed by atoms with E-state index in [-0.39, 0.29) is 23.0 Å². The minimum Gasteiger partial charge on any atom is -0.497 e. The lowest BCUT2D eigenvalue weighted by atomic mass is 10.2. The minimum absolute atomic E-state index is 0.00990. The van der Waals surface area contributed by atoms with Crippen molar-refractivity contribution in [2.75, 3.05) is 18.0 Å². The third-order valence-corrected chi connectivity index (χ3v) is 3.69. The van der Waals surface area contributed by atoms with Gasteiger partial charge in [-0.25, -0.2) is 9.97 Å². The molecule has 0 aliphatic heterocycles. The van der Waals surface area contributed by atoms with E-state index in [9.17, 15) is 19.7 Å². The third-order valence-electron chi connectivity index (χ3n) is 3.69. The highest BCUT2D eigenvalue weighted by atomic mass is 16.6. The second-order valence-electron chi connectivity index (χ2n) is 5.54. The van der Waals surface area contributed by atoms with Gasteiger partial charge < -0.3 is 9.15 Å². The molecule has 30 heavy (non-hydrogen) atoms. The molecule has 0 bridgehead atoms. The number of rotatable bonds is 8. The van der Waals surface area contributed by atoms with Gasteiger partial charge in [0.15, 0.2) is 5.76 Å². The molecule has 154 valence electrons. The Kier molecular flexibility index (Phi) is 6.02. The molecule has 4 N–H and O–H groups in total. The maximum atomic E-state index is 12.2. The van der Waals surface area contributed by atoms with Crippen molar-refractivity contribution >= 4 is 29.1 Å². The summed E-state index contributed by atoms with van der Waals surface area (Å²) in [5, 5.41) is 11.5. The van der Waals surface area contributed by atoms with Crippen LogP contribution >= 0.6 is 0 Å². The van der Waals surface area contributed by atoms with Gasteiger partial charge in [-0.3, -0.25) is 41.4 Å². The Balaban J connectivity index is 1.71. The summed E-state index contributed by atoms with van der Waals surface area (Å²) in [6, 6.07) is 9.13. The maximum absolute atomic E-state index is 12.2. The van der Waals surface area contributed by atoms with Crippen molar-refractivity contribution in [3.8, 4) is 5.75 Å². The lowest BCUT2D eigenvalue weighted by molar-refractivity contribution is -0.383. The quantitative estimate of drug-likeness (QED) is 0.313. The second kappa shape index (κ2) is 9.01. The number of hydrogen-bond acceptors (Lipinski definition) is 10. The number of amides is 2. The van der Waals surface area contributed by atoms with Gasteiger partial charge in [0.05, 0.1) is 18.3 Å². The Morgan fingerprint density at radius 2 is 1.67 bits per heavy atom. The van der Waals surface area contributed by atoms with Crippen molar-refractivity contribution in [1.29, 1.82) is 0 Å². The smallest absolute Gasteiger partial charge is 0.356 e. The molecule has 2 heterocycles. The highest BCUT2D eigenvalue weighted by Crippen LogP contribution is 2.27. The molecule has 0 fully saturated rings. The Bertz CT molecular complexity index is 1050. The van der Waals surface area contributed by atoms with Crippen LogP contribution in [0.5, 0.6) is 5.75 Å². The molecule has 3 rings (SSSR count). The van der Waals surface area contributed by atoms with Crippen LogP contribution in [-0.2, 0) is 0 Å². The Morgan fingerprint density at radius 1 is 1.03 bits per heavy atom. The molecule has 1 aromatic carbocycles. The molecule has 0 atom stereocenters. The lowest BCUT2D eigenvalue weighted by Crippen LogP contribution is -2.32. The minimum atomic E-state index is -0.775.